The Labute approximate surface area is 189 Å². The van der Waals surface area contributed by atoms with Crippen LogP contribution < -0.4 is 10.1 Å². The van der Waals surface area contributed by atoms with Gasteiger partial charge in [0, 0.05) is 0 Å². The molecule has 0 aromatic heterocycles. The Morgan fingerprint density at radius 1 is 1.41 bits per heavy atom. The van der Waals surface area contributed by atoms with E-state index in [2.05, 4.69) is 50.4 Å². The lowest BCUT2D eigenvalue weighted by Gasteiger charge is -2.10. The van der Waals surface area contributed by atoms with Gasteiger partial charge in [0.2, 0.25) is 0 Å². The first-order valence-electron chi connectivity index (χ1n) is 7.47. The number of benzene rings is 2. The maximum absolute atomic E-state index is 12.4. The molecule has 2 aromatic carbocycles. The van der Waals surface area contributed by atoms with Crippen molar-refractivity contribution >= 4 is 79.4 Å². The van der Waals surface area contributed by atoms with Gasteiger partial charge < -0.3 is 10.1 Å². The quantitative estimate of drug-likeness (QED) is 0.185. The summed E-state index contributed by atoms with van der Waals surface area (Å²) in [5.74, 6) is 0.0844. The third kappa shape index (κ3) is 5.72. The monoisotopic (exact) mass is 576 g/mol. The van der Waals surface area contributed by atoms with Crippen molar-refractivity contribution in [3.63, 3.8) is 0 Å². The molecule has 0 saturated carbocycles. The SMILES string of the molecule is C=CCOc1c(Br)cc(/C=C(/C#N)C(=O)Nc2cccc(Cl)c2Cl)cc1I. The van der Waals surface area contributed by atoms with Gasteiger partial charge >= 0.3 is 0 Å². The molecule has 138 valence electrons. The van der Waals surface area contributed by atoms with Crippen LogP contribution in [0.4, 0.5) is 5.69 Å². The molecule has 0 aliphatic rings. The fourth-order valence-corrected chi connectivity index (χ4v) is 4.16. The van der Waals surface area contributed by atoms with Gasteiger partial charge in [-0.2, -0.15) is 5.26 Å². The van der Waals surface area contributed by atoms with Crippen molar-refractivity contribution in [3.05, 3.63) is 72.2 Å². The van der Waals surface area contributed by atoms with E-state index < -0.39 is 5.91 Å². The van der Waals surface area contributed by atoms with Gasteiger partial charge in [0.25, 0.3) is 5.91 Å². The molecule has 1 N–H and O–H groups in total. The van der Waals surface area contributed by atoms with Crippen molar-refractivity contribution < 1.29 is 9.53 Å². The second-order valence-corrected chi connectivity index (χ2v) is 7.94. The van der Waals surface area contributed by atoms with E-state index in [4.69, 9.17) is 27.9 Å². The molecule has 0 bridgehead atoms. The summed E-state index contributed by atoms with van der Waals surface area (Å²) in [5.41, 5.74) is 0.925. The molecule has 0 radical (unpaired) electrons. The van der Waals surface area contributed by atoms with Crippen LogP contribution >= 0.6 is 61.7 Å². The lowest BCUT2D eigenvalue weighted by atomic mass is 10.1. The van der Waals surface area contributed by atoms with E-state index in [9.17, 15) is 10.1 Å². The molecule has 0 atom stereocenters. The third-order valence-electron chi connectivity index (χ3n) is 3.24. The first-order chi connectivity index (χ1) is 12.9. The highest BCUT2D eigenvalue weighted by Crippen LogP contribution is 2.33. The van der Waals surface area contributed by atoms with E-state index in [0.29, 0.717) is 33.1 Å². The topological polar surface area (TPSA) is 62.1 Å². The fourth-order valence-electron chi connectivity index (χ4n) is 2.05. The molecule has 2 aromatic rings. The molecule has 4 nitrogen and oxygen atoms in total. The molecule has 27 heavy (non-hydrogen) atoms. The zero-order chi connectivity index (χ0) is 20.0. The molecule has 0 unspecified atom stereocenters. The van der Waals surface area contributed by atoms with Crippen LogP contribution in [0.5, 0.6) is 5.75 Å². The first-order valence-corrected chi connectivity index (χ1v) is 10.1. The Morgan fingerprint density at radius 2 is 2.15 bits per heavy atom. The second kappa shape index (κ2) is 10.1. The lowest BCUT2D eigenvalue weighted by Crippen LogP contribution is -2.13. The van der Waals surface area contributed by atoms with Crippen LogP contribution in [0, 0.1) is 14.9 Å². The maximum Gasteiger partial charge on any atom is 0.266 e. The minimum absolute atomic E-state index is 0.0755. The maximum atomic E-state index is 12.4. The number of nitrogens with one attached hydrogen (secondary N) is 1. The summed E-state index contributed by atoms with van der Waals surface area (Å²) in [6, 6.07) is 10.3. The van der Waals surface area contributed by atoms with E-state index in [-0.39, 0.29) is 10.6 Å². The molecular formula is C19H12BrCl2IN2O2. The number of ether oxygens (including phenoxy) is 1. The molecule has 0 heterocycles. The minimum Gasteiger partial charge on any atom is -0.487 e. The summed E-state index contributed by atoms with van der Waals surface area (Å²) in [4.78, 5) is 12.4. The van der Waals surface area contributed by atoms with Crippen molar-refractivity contribution in [2.75, 3.05) is 11.9 Å². The van der Waals surface area contributed by atoms with E-state index in [0.717, 1.165) is 3.57 Å². The predicted molar refractivity (Wildman–Crippen MR) is 121 cm³/mol. The predicted octanol–water partition coefficient (Wildman–Crippen LogP) is 6.47. The summed E-state index contributed by atoms with van der Waals surface area (Å²) < 4.78 is 7.12. The minimum atomic E-state index is -0.584. The smallest absolute Gasteiger partial charge is 0.266 e. The van der Waals surface area contributed by atoms with Gasteiger partial charge in [0.05, 0.1) is 23.8 Å². The van der Waals surface area contributed by atoms with Gasteiger partial charge in [0.15, 0.2) is 0 Å². The number of hydrogen-bond acceptors (Lipinski definition) is 3. The van der Waals surface area contributed by atoms with Crippen LogP contribution in [0.1, 0.15) is 5.56 Å². The summed E-state index contributed by atoms with van der Waals surface area (Å²) >= 11 is 17.6. The van der Waals surface area contributed by atoms with Gasteiger partial charge in [-0.25, -0.2) is 0 Å². The Morgan fingerprint density at radius 3 is 2.78 bits per heavy atom. The lowest BCUT2D eigenvalue weighted by molar-refractivity contribution is -0.112. The summed E-state index contributed by atoms with van der Waals surface area (Å²) in [7, 11) is 0. The van der Waals surface area contributed by atoms with Gasteiger partial charge in [-0.05, 0) is 74.4 Å². The van der Waals surface area contributed by atoms with Crippen LogP contribution in [-0.4, -0.2) is 12.5 Å². The number of anilines is 1. The fraction of sp³-hybridized carbons (Fsp3) is 0.0526. The standard InChI is InChI=1S/C19H12BrCl2IN2O2/c1-2-6-27-18-13(20)8-11(9-15(18)23)7-12(10-24)19(26)25-16-5-3-4-14(21)17(16)22/h2-5,7-9H,1,6H2,(H,25,26)/b12-7-. The molecule has 0 spiro atoms. The average molecular weight is 578 g/mol. The zero-order valence-electron chi connectivity index (χ0n) is 13.7. The van der Waals surface area contributed by atoms with Crippen LogP contribution in [0.25, 0.3) is 6.08 Å². The number of amides is 1. The Hall–Kier alpha value is -1.53. The highest BCUT2D eigenvalue weighted by atomic mass is 127. The van der Waals surface area contributed by atoms with Crippen LogP contribution in [0.15, 0.2) is 53.0 Å². The molecule has 2 rings (SSSR count). The third-order valence-corrected chi connectivity index (χ3v) is 5.45. The molecule has 1 amide bonds. The molecule has 8 heteroatoms. The van der Waals surface area contributed by atoms with E-state index in [1.54, 1.807) is 36.4 Å². The molecule has 0 aliphatic carbocycles. The summed E-state index contributed by atoms with van der Waals surface area (Å²) in [6.07, 6.45) is 3.13. The number of carbonyl (C=O) groups is 1. The van der Waals surface area contributed by atoms with Crippen molar-refractivity contribution in [2.24, 2.45) is 0 Å². The van der Waals surface area contributed by atoms with E-state index in [1.807, 2.05) is 6.07 Å². The number of nitrogens with zero attached hydrogens (tertiary/aromatic N) is 1. The highest BCUT2D eigenvalue weighted by molar-refractivity contribution is 14.1. The van der Waals surface area contributed by atoms with Crippen molar-refractivity contribution in [1.82, 2.24) is 0 Å². The summed E-state index contributed by atoms with van der Waals surface area (Å²) in [5, 5.41) is 12.5. The van der Waals surface area contributed by atoms with E-state index in [1.165, 1.54) is 6.08 Å². The van der Waals surface area contributed by atoms with Gasteiger partial charge in [-0.15, -0.1) is 0 Å². The Bertz CT molecular complexity index is 948. The summed E-state index contributed by atoms with van der Waals surface area (Å²) in [6.45, 7) is 3.99. The number of carbonyl (C=O) groups excluding carboxylic acids is 1. The number of halogens is 4. The average Bonchev–Trinajstić information content (AvgIpc) is 2.62. The van der Waals surface area contributed by atoms with Crippen molar-refractivity contribution in [1.29, 1.82) is 5.26 Å². The Balaban J connectivity index is 2.30. The van der Waals surface area contributed by atoms with Gasteiger partial charge in [0.1, 0.15) is 24.0 Å². The van der Waals surface area contributed by atoms with E-state index >= 15 is 0 Å². The first kappa shape index (κ1) is 21.8. The second-order valence-electron chi connectivity index (χ2n) is 5.14. The normalized spacial score (nSPS) is 10.9. The molecular weight excluding hydrogens is 566 g/mol. The zero-order valence-corrected chi connectivity index (χ0v) is 19.0. The Kier molecular flexibility index (Phi) is 8.17. The number of nitriles is 1. The molecule has 0 aliphatic heterocycles. The van der Waals surface area contributed by atoms with Crippen molar-refractivity contribution in [2.45, 2.75) is 0 Å². The van der Waals surface area contributed by atoms with Crippen LogP contribution in [0.3, 0.4) is 0 Å². The number of hydrogen-bond donors (Lipinski definition) is 1. The largest absolute Gasteiger partial charge is 0.487 e. The van der Waals surface area contributed by atoms with Crippen molar-refractivity contribution in [3.8, 4) is 11.8 Å². The number of rotatable bonds is 6. The van der Waals surface area contributed by atoms with Crippen LogP contribution in [-0.2, 0) is 4.79 Å². The van der Waals surface area contributed by atoms with Crippen LogP contribution in [0.2, 0.25) is 10.0 Å². The molecule has 0 saturated heterocycles. The molecule has 0 fully saturated rings. The van der Waals surface area contributed by atoms with Gasteiger partial charge in [-0.3, -0.25) is 4.79 Å². The highest BCUT2D eigenvalue weighted by Gasteiger charge is 2.14. The van der Waals surface area contributed by atoms with Gasteiger partial charge in [-0.1, -0.05) is 41.9 Å².